The molecule has 1 aromatic rings. The summed E-state index contributed by atoms with van der Waals surface area (Å²) in [4.78, 5) is 11.4. The van der Waals surface area contributed by atoms with E-state index in [1.165, 1.54) is 0 Å². The van der Waals surface area contributed by atoms with Crippen molar-refractivity contribution >= 4 is 12.5 Å². The molecule has 0 aliphatic carbocycles. The van der Waals surface area contributed by atoms with Crippen molar-refractivity contribution in [3.05, 3.63) is 35.4 Å². The van der Waals surface area contributed by atoms with Gasteiger partial charge in [-0.15, -0.1) is 0 Å². The van der Waals surface area contributed by atoms with Gasteiger partial charge in [-0.1, -0.05) is 44.0 Å². The van der Waals surface area contributed by atoms with E-state index in [9.17, 15) is 4.79 Å². The maximum absolute atomic E-state index is 11.4. The average Bonchev–Trinajstić information content (AvgIpc) is 2.36. The highest BCUT2D eigenvalue weighted by Crippen LogP contribution is 2.29. The van der Waals surface area contributed by atoms with Gasteiger partial charge in [-0.25, -0.2) is 0 Å². The normalized spacial score (nSPS) is 22.3. The van der Waals surface area contributed by atoms with Crippen molar-refractivity contribution in [1.82, 2.24) is 5.43 Å². The molecule has 1 aliphatic rings. The molecule has 0 amide bonds. The summed E-state index contributed by atoms with van der Waals surface area (Å²) in [5.41, 5.74) is 4.42. The summed E-state index contributed by atoms with van der Waals surface area (Å²) in [6, 6.07) is 7.91. The SMILES string of the molecule is CCCCC1(C=O)NN=Cc2ccccc21. The molecule has 1 aromatic carbocycles. The van der Waals surface area contributed by atoms with Crippen LogP contribution in [-0.4, -0.2) is 12.5 Å². The Morgan fingerprint density at radius 3 is 3.00 bits per heavy atom. The second-order valence-electron chi connectivity index (χ2n) is 4.15. The first-order valence-electron chi connectivity index (χ1n) is 5.68. The van der Waals surface area contributed by atoms with Crippen molar-refractivity contribution in [2.24, 2.45) is 5.10 Å². The van der Waals surface area contributed by atoms with E-state index in [-0.39, 0.29) is 0 Å². The van der Waals surface area contributed by atoms with Gasteiger partial charge in [0, 0.05) is 5.56 Å². The molecule has 1 aliphatic heterocycles. The summed E-state index contributed by atoms with van der Waals surface area (Å²) >= 11 is 0. The molecular weight excluding hydrogens is 200 g/mol. The molecule has 84 valence electrons. The van der Waals surface area contributed by atoms with Crippen LogP contribution in [0.15, 0.2) is 29.4 Å². The predicted molar refractivity (Wildman–Crippen MR) is 64.4 cm³/mol. The molecule has 0 radical (unpaired) electrons. The fourth-order valence-corrected chi connectivity index (χ4v) is 2.09. The van der Waals surface area contributed by atoms with Crippen LogP contribution in [0.25, 0.3) is 0 Å². The number of hydrogen-bond acceptors (Lipinski definition) is 3. The van der Waals surface area contributed by atoms with Crippen LogP contribution in [0, 0.1) is 0 Å². The number of carbonyl (C=O) groups excluding carboxylic acids is 1. The van der Waals surface area contributed by atoms with Crippen LogP contribution in [0.4, 0.5) is 0 Å². The fraction of sp³-hybridized carbons (Fsp3) is 0.385. The first-order valence-corrected chi connectivity index (χ1v) is 5.68. The fourth-order valence-electron chi connectivity index (χ4n) is 2.09. The van der Waals surface area contributed by atoms with Gasteiger partial charge in [-0.2, -0.15) is 5.10 Å². The van der Waals surface area contributed by atoms with Gasteiger partial charge >= 0.3 is 0 Å². The predicted octanol–water partition coefficient (Wildman–Crippen LogP) is 2.21. The van der Waals surface area contributed by atoms with Crippen LogP contribution in [-0.2, 0) is 10.3 Å². The molecule has 0 spiro atoms. The van der Waals surface area contributed by atoms with Crippen molar-refractivity contribution in [3.63, 3.8) is 0 Å². The van der Waals surface area contributed by atoms with Crippen LogP contribution >= 0.6 is 0 Å². The summed E-state index contributed by atoms with van der Waals surface area (Å²) in [5, 5.41) is 4.09. The lowest BCUT2D eigenvalue weighted by molar-refractivity contribution is -0.114. The number of benzene rings is 1. The molecule has 0 bridgehead atoms. The summed E-state index contributed by atoms with van der Waals surface area (Å²) in [7, 11) is 0. The zero-order chi connectivity index (χ0) is 11.4. The van der Waals surface area contributed by atoms with Gasteiger partial charge in [0.05, 0.1) is 6.21 Å². The molecular formula is C13H16N2O. The van der Waals surface area contributed by atoms with E-state index in [1.807, 2.05) is 24.3 Å². The number of hydrogen-bond donors (Lipinski definition) is 1. The van der Waals surface area contributed by atoms with E-state index in [0.29, 0.717) is 0 Å². The van der Waals surface area contributed by atoms with Gasteiger partial charge in [0.25, 0.3) is 0 Å². The summed E-state index contributed by atoms with van der Waals surface area (Å²) in [5.74, 6) is 0. The molecule has 0 saturated heterocycles. The van der Waals surface area contributed by atoms with E-state index in [2.05, 4.69) is 17.5 Å². The number of nitrogens with zero attached hydrogens (tertiary/aromatic N) is 1. The topological polar surface area (TPSA) is 41.5 Å². The average molecular weight is 216 g/mol. The van der Waals surface area contributed by atoms with Crippen molar-refractivity contribution in [2.45, 2.75) is 31.7 Å². The quantitative estimate of drug-likeness (QED) is 0.784. The number of aldehydes is 1. The molecule has 0 fully saturated rings. The minimum atomic E-state index is -0.624. The lowest BCUT2D eigenvalue weighted by atomic mass is 9.83. The second kappa shape index (κ2) is 4.47. The maximum atomic E-state index is 11.4. The first kappa shape index (κ1) is 10.9. The van der Waals surface area contributed by atoms with Crippen molar-refractivity contribution in [1.29, 1.82) is 0 Å². The Labute approximate surface area is 95.6 Å². The zero-order valence-electron chi connectivity index (χ0n) is 9.44. The Morgan fingerprint density at radius 2 is 2.25 bits per heavy atom. The number of unbranched alkanes of at least 4 members (excludes halogenated alkanes) is 1. The van der Waals surface area contributed by atoms with Gasteiger partial charge in [-0.3, -0.25) is 5.43 Å². The van der Waals surface area contributed by atoms with E-state index in [1.54, 1.807) is 6.21 Å². The number of hydrazone groups is 1. The van der Waals surface area contributed by atoms with Crippen LogP contribution in [0.1, 0.15) is 37.3 Å². The van der Waals surface area contributed by atoms with Gasteiger partial charge < -0.3 is 4.79 Å². The molecule has 1 N–H and O–H groups in total. The molecule has 3 heteroatoms. The third-order valence-electron chi connectivity index (χ3n) is 3.03. The highest BCUT2D eigenvalue weighted by atomic mass is 16.1. The van der Waals surface area contributed by atoms with E-state index >= 15 is 0 Å². The van der Waals surface area contributed by atoms with E-state index in [0.717, 1.165) is 36.7 Å². The van der Waals surface area contributed by atoms with E-state index < -0.39 is 5.54 Å². The maximum Gasteiger partial charge on any atom is 0.151 e. The number of carbonyl (C=O) groups is 1. The number of nitrogens with one attached hydrogen (secondary N) is 1. The van der Waals surface area contributed by atoms with Crippen molar-refractivity contribution in [2.75, 3.05) is 0 Å². The second-order valence-corrected chi connectivity index (χ2v) is 4.15. The minimum absolute atomic E-state index is 0.624. The van der Waals surface area contributed by atoms with Gasteiger partial charge in [-0.05, 0) is 12.0 Å². The third kappa shape index (κ3) is 1.73. The molecule has 1 heterocycles. The largest absolute Gasteiger partial charge is 0.300 e. The molecule has 0 aromatic heterocycles. The highest BCUT2D eigenvalue weighted by molar-refractivity contribution is 5.87. The highest BCUT2D eigenvalue weighted by Gasteiger charge is 2.34. The van der Waals surface area contributed by atoms with Crippen LogP contribution in [0.2, 0.25) is 0 Å². The molecule has 16 heavy (non-hydrogen) atoms. The standard InChI is InChI=1S/C13H16N2O/c1-2-3-8-13(10-16)12-7-5-4-6-11(12)9-14-15-13/h4-7,9-10,15H,2-3,8H2,1H3. The molecule has 1 atom stereocenters. The first-order chi connectivity index (χ1) is 7.82. The monoisotopic (exact) mass is 216 g/mol. The Morgan fingerprint density at radius 1 is 1.44 bits per heavy atom. The van der Waals surface area contributed by atoms with Gasteiger partial charge in [0.2, 0.25) is 0 Å². The zero-order valence-corrected chi connectivity index (χ0v) is 9.44. The summed E-state index contributed by atoms with van der Waals surface area (Å²) in [6.45, 7) is 2.12. The van der Waals surface area contributed by atoms with Crippen LogP contribution in [0.3, 0.4) is 0 Å². The number of rotatable bonds is 4. The minimum Gasteiger partial charge on any atom is -0.300 e. The van der Waals surface area contributed by atoms with Gasteiger partial charge in [0.15, 0.2) is 6.29 Å². The summed E-state index contributed by atoms with van der Waals surface area (Å²) in [6.07, 6.45) is 5.63. The third-order valence-corrected chi connectivity index (χ3v) is 3.03. The molecule has 2 rings (SSSR count). The van der Waals surface area contributed by atoms with Crippen molar-refractivity contribution in [3.8, 4) is 0 Å². The lowest BCUT2D eigenvalue weighted by Gasteiger charge is -2.32. The smallest absolute Gasteiger partial charge is 0.151 e. The van der Waals surface area contributed by atoms with Crippen LogP contribution < -0.4 is 5.43 Å². The Bertz CT molecular complexity index is 414. The van der Waals surface area contributed by atoms with Crippen LogP contribution in [0.5, 0.6) is 0 Å². The molecule has 3 nitrogen and oxygen atoms in total. The van der Waals surface area contributed by atoms with E-state index in [4.69, 9.17) is 0 Å². The Hall–Kier alpha value is -1.64. The lowest BCUT2D eigenvalue weighted by Crippen LogP contribution is -2.44. The molecule has 1 unspecified atom stereocenters. The number of fused-ring (bicyclic) bond motifs is 1. The van der Waals surface area contributed by atoms with Crippen molar-refractivity contribution < 1.29 is 4.79 Å². The Balaban J connectivity index is 2.40. The summed E-state index contributed by atoms with van der Waals surface area (Å²) < 4.78 is 0. The Kier molecular flexibility index (Phi) is 3.04. The van der Waals surface area contributed by atoms with Gasteiger partial charge in [0.1, 0.15) is 5.54 Å². The molecule has 0 saturated carbocycles.